The maximum Gasteiger partial charge on any atom is 0.295 e. The summed E-state index contributed by atoms with van der Waals surface area (Å²) in [5, 5.41) is 0.952. The van der Waals surface area contributed by atoms with Gasteiger partial charge in [0.25, 0.3) is 5.91 Å². The van der Waals surface area contributed by atoms with E-state index in [9.17, 15) is 13.2 Å². The smallest absolute Gasteiger partial charge is 0.295 e. The fourth-order valence-electron chi connectivity index (χ4n) is 3.56. The lowest BCUT2D eigenvalue weighted by molar-refractivity contribution is 0.0918. The summed E-state index contributed by atoms with van der Waals surface area (Å²) in [7, 11) is -2.97. The summed E-state index contributed by atoms with van der Waals surface area (Å²) in [6, 6.07) is 3.32. The predicted molar refractivity (Wildman–Crippen MR) is 96.8 cm³/mol. The largest absolute Gasteiger partial charge is 0.459 e. The van der Waals surface area contributed by atoms with Crippen molar-refractivity contribution >= 4 is 32.1 Å². The maximum absolute atomic E-state index is 12.9. The molecule has 0 aromatic carbocycles. The van der Waals surface area contributed by atoms with Crippen LogP contribution in [0.25, 0.3) is 0 Å². The number of nitrogens with zero attached hydrogens (tertiary/aromatic N) is 2. The van der Waals surface area contributed by atoms with Gasteiger partial charge in [0.05, 0.1) is 24.4 Å². The number of aryl methyl sites for hydroxylation is 1. The Labute approximate surface area is 151 Å². The zero-order valence-electron chi connectivity index (χ0n) is 14.2. The first-order valence-corrected chi connectivity index (χ1v) is 10.9. The van der Waals surface area contributed by atoms with Gasteiger partial charge < -0.3 is 4.42 Å². The molecule has 0 unspecified atom stereocenters. The van der Waals surface area contributed by atoms with Crippen molar-refractivity contribution in [2.75, 3.05) is 23.1 Å². The normalized spacial score (nSPS) is 23.0. The number of carbonyl (C=O) groups is 1. The molecule has 6 nitrogen and oxygen atoms in total. The highest BCUT2D eigenvalue weighted by Gasteiger charge is 2.39. The molecule has 2 aromatic rings. The van der Waals surface area contributed by atoms with E-state index in [1.807, 2.05) is 0 Å². The minimum Gasteiger partial charge on any atom is -0.459 e. The van der Waals surface area contributed by atoms with Gasteiger partial charge in [-0.2, -0.15) is 0 Å². The average Bonchev–Trinajstić information content (AvgIpc) is 3.28. The topological polar surface area (TPSA) is 70.8 Å². The highest BCUT2D eigenvalue weighted by molar-refractivity contribution is 7.91. The summed E-state index contributed by atoms with van der Waals surface area (Å²) in [6.45, 7) is 5.20. The summed E-state index contributed by atoms with van der Waals surface area (Å²) in [5.74, 6) is 0.524. The third kappa shape index (κ3) is 2.92. The van der Waals surface area contributed by atoms with Crippen molar-refractivity contribution in [2.24, 2.45) is 0 Å². The number of thiophene rings is 1. The number of fused-ring (bicyclic) bond motifs is 1. The van der Waals surface area contributed by atoms with Gasteiger partial charge in [0.15, 0.2) is 15.6 Å². The van der Waals surface area contributed by atoms with E-state index in [-0.39, 0.29) is 23.5 Å². The summed E-state index contributed by atoms with van der Waals surface area (Å²) in [6.07, 6.45) is 2.12. The van der Waals surface area contributed by atoms with Gasteiger partial charge in [-0.3, -0.25) is 14.6 Å². The van der Waals surface area contributed by atoms with Crippen molar-refractivity contribution in [3.05, 3.63) is 40.2 Å². The van der Waals surface area contributed by atoms with Crippen molar-refractivity contribution in [1.82, 2.24) is 4.90 Å². The van der Waals surface area contributed by atoms with Gasteiger partial charge in [-0.05, 0) is 38.0 Å². The van der Waals surface area contributed by atoms with Crippen molar-refractivity contribution in [2.45, 2.75) is 32.9 Å². The molecule has 4 rings (SSSR count). The number of hydrogen-bond donors (Lipinski definition) is 0. The summed E-state index contributed by atoms with van der Waals surface area (Å²) in [5.41, 5.74) is 2.31. The van der Waals surface area contributed by atoms with E-state index in [1.165, 1.54) is 16.7 Å². The fourth-order valence-corrected chi connectivity index (χ4v) is 6.48. The Balaban J connectivity index is 1.71. The SMILES string of the molecule is Cc1sc2c(c1C)CN([C@H]1CCS(=O)(=O)C1)CN2C(=O)c1ccco1. The number of carbonyl (C=O) groups excluding carboxylic acids is 1. The number of anilines is 1. The van der Waals surface area contributed by atoms with Crippen LogP contribution in [0.4, 0.5) is 5.00 Å². The first-order valence-electron chi connectivity index (χ1n) is 8.24. The molecule has 0 spiro atoms. The molecule has 1 fully saturated rings. The molecule has 2 aliphatic rings. The molecular weight excluding hydrogens is 360 g/mol. The molecule has 0 bridgehead atoms. The maximum atomic E-state index is 12.9. The Morgan fingerprint density at radius 3 is 2.80 bits per heavy atom. The van der Waals surface area contributed by atoms with E-state index in [2.05, 4.69) is 18.7 Å². The van der Waals surface area contributed by atoms with E-state index < -0.39 is 9.84 Å². The van der Waals surface area contributed by atoms with Gasteiger partial charge >= 0.3 is 0 Å². The van der Waals surface area contributed by atoms with Gasteiger partial charge in [-0.25, -0.2) is 8.42 Å². The minimum absolute atomic E-state index is 0.0374. The van der Waals surface area contributed by atoms with Gasteiger partial charge in [0.1, 0.15) is 5.00 Å². The molecule has 0 saturated carbocycles. The van der Waals surface area contributed by atoms with E-state index in [1.54, 1.807) is 28.4 Å². The van der Waals surface area contributed by atoms with Gasteiger partial charge in [0, 0.05) is 23.0 Å². The Hall–Kier alpha value is -1.64. The molecule has 2 aromatic heterocycles. The van der Waals surface area contributed by atoms with Gasteiger partial charge in [-0.1, -0.05) is 0 Å². The van der Waals surface area contributed by atoms with E-state index in [0.29, 0.717) is 25.4 Å². The number of hydrogen-bond acceptors (Lipinski definition) is 6. The molecule has 2 aliphatic heterocycles. The summed E-state index contributed by atoms with van der Waals surface area (Å²) >= 11 is 1.61. The lowest BCUT2D eigenvalue weighted by Crippen LogP contribution is -2.49. The second-order valence-corrected chi connectivity index (χ2v) is 10.2. The molecule has 0 N–H and O–H groups in total. The number of sulfone groups is 1. The Morgan fingerprint density at radius 1 is 1.36 bits per heavy atom. The molecule has 134 valence electrons. The van der Waals surface area contributed by atoms with E-state index >= 15 is 0 Å². The van der Waals surface area contributed by atoms with Gasteiger partial charge in [0.2, 0.25) is 0 Å². The Morgan fingerprint density at radius 2 is 2.16 bits per heavy atom. The van der Waals surface area contributed by atoms with Crippen LogP contribution in [0.5, 0.6) is 0 Å². The molecule has 0 aliphatic carbocycles. The monoisotopic (exact) mass is 380 g/mol. The first-order chi connectivity index (χ1) is 11.9. The molecular formula is C17H20N2O4S2. The molecule has 0 radical (unpaired) electrons. The predicted octanol–water partition coefficient (Wildman–Crippen LogP) is 2.56. The van der Waals surface area contributed by atoms with Crippen LogP contribution in [0.1, 0.15) is 33.0 Å². The van der Waals surface area contributed by atoms with Crippen molar-refractivity contribution in [3.63, 3.8) is 0 Å². The molecule has 1 saturated heterocycles. The number of rotatable bonds is 2. The van der Waals surface area contributed by atoms with E-state index in [0.717, 1.165) is 10.6 Å². The second-order valence-electron chi connectivity index (χ2n) is 6.72. The summed E-state index contributed by atoms with van der Waals surface area (Å²) in [4.78, 5) is 18.0. The van der Waals surface area contributed by atoms with Crippen LogP contribution in [-0.4, -0.2) is 43.4 Å². The van der Waals surface area contributed by atoms with Crippen molar-refractivity contribution in [1.29, 1.82) is 0 Å². The van der Waals surface area contributed by atoms with E-state index in [4.69, 9.17) is 4.42 Å². The van der Waals surface area contributed by atoms with Crippen LogP contribution in [0, 0.1) is 13.8 Å². The van der Waals surface area contributed by atoms with Crippen LogP contribution in [0.3, 0.4) is 0 Å². The zero-order valence-corrected chi connectivity index (χ0v) is 15.8. The number of furan rings is 1. The number of amides is 1. The molecule has 4 heterocycles. The first kappa shape index (κ1) is 16.8. The van der Waals surface area contributed by atoms with Crippen molar-refractivity contribution < 1.29 is 17.6 Å². The fraction of sp³-hybridized carbons (Fsp3) is 0.471. The third-order valence-corrected chi connectivity index (χ3v) is 8.14. The van der Waals surface area contributed by atoms with Gasteiger partial charge in [-0.15, -0.1) is 11.3 Å². The Kier molecular flexibility index (Phi) is 4.01. The van der Waals surface area contributed by atoms with Crippen LogP contribution in [-0.2, 0) is 16.4 Å². The van der Waals surface area contributed by atoms with Crippen LogP contribution in [0.2, 0.25) is 0 Å². The van der Waals surface area contributed by atoms with Crippen LogP contribution >= 0.6 is 11.3 Å². The third-order valence-electron chi connectivity index (χ3n) is 5.12. The van der Waals surface area contributed by atoms with Crippen molar-refractivity contribution in [3.8, 4) is 0 Å². The zero-order chi connectivity index (χ0) is 17.8. The lowest BCUT2D eigenvalue weighted by Gasteiger charge is -2.38. The Bertz CT molecular complexity index is 915. The highest BCUT2D eigenvalue weighted by Crippen LogP contribution is 2.41. The molecule has 25 heavy (non-hydrogen) atoms. The average molecular weight is 380 g/mol. The lowest BCUT2D eigenvalue weighted by atomic mass is 10.1. The molecule has 1 atom stereocenters. The van der Waals surface area contributed by atoms with Crippen LogP contribution < -0.4 is 4.90 Å². The summed E-state index contributed by atoms with van der Waals surface area (Å²) < 4.78 is 29.1. The van der Waals surface area contributed by atoms with Crippen LogP contribution in [0.15, 0.2) is 22.8 Å². The minimum atomic E-state index is -2.97. The molecule has 8 heteroatoms. The standard InChI is InChI=1S/C17H20N2O4S2/c1-11-12(2)24-17-14(11)8-18(13-5-7-25(21,22)9-13)10-19(17)16(20)15-4-3-6-23-15/h3-4,6,13H,5,7-10H2,1-2H3/t13-/m0/s1. The quantitative estimate of drug-likeness (QED) is 0.801. The second kappa shape index (κ2) is 5.96. The highest BCUT2D eigenvalue weighted by atomic mass is 32.2. The molecule has 1 amide bonds.